The Kier molecular flexibility index (Phi) is 4.56. The van der Waals surface area contributed by atoms with Gasteiger partial charge in [-0.25, -0.2) is 9.97 Å². The van der Waals surface area contributed by atoms with E-state index in [0.717, 1.165) is 35.3 Å². The zero-order valence-electron chi connectivity index (χ0n) is 16.9. The van der Waals surface area contributed by atoms with Crippen LogP contribution in [-0.2, 0) is 12.8 Å². The first-order valence-electron chi connectivity index (χ1n) is 10.5. The van der Waals surface area contributed by atoms with E-state index in [1.165, 1.54) is 29.5 Å². The molecule has 0 radical (unpaired) electrons. The SMILES string of the molecule is Cc1ccc(OC2CC(n3ccc4c(C)ncnc43)[C@H](O)[C@@H]2O)c2c1CCCC2. The van der Waals surface area contributed by atoms with Crippen molar-refractivity contribution in [3.8, 4) is 5.75 Å². The molecule has 5 rings (SSSR count). The Balaban J connectivity index is 1.44. The van der Waals surface area contributed by atoms with Crippen molar-refractivity contribution < 1.29 is 14.9 Å². The molecule has 0 saturated heterocycles. The number of aromatic nitrogens is 3. The van der Waals surface area contributed by atoms with Gasteiger partial charge >= 0.3 is 0 Å². The molecule has 2 aromatic heterocycles. The van der Waals surface area contributed by atoms with Crippen LogP contribution in [0, 0.1) is 13.8 Å². The first kappa shape index (κ1) is 18.6. The predicted molar refractivity (Wildman–Crippen MR) is 110 cm³/mol. The van der Waals surface area contributed by atoms with Gasteiger partial charge in [0, 0.05) is 18.0 Å². The lowest BCUT2D eigenvalue weighted by molar-refractivity contribution is -0.0166. The van der Waals surface area contributed by atoms with E-state index in [9.17, 15) is 10.2 Å². The van der Waals surface area contributed by atoms with Gasteiger partial charge < -0.3 is 19.5 Å². The second-order valence-corrected chi connectivity index (χ2v) is 8.40. The minimum absolute atomic E-state index is 0.289. The number of aryl methyl sites for hydroxylation is 2. The van der Waals surface area contributed by atoms with Gasteiger partial charge in [0.05, 0.1) is 11.7 Å². The maximum absolute atomic E-state index is 10.8. The summed E-state index contributed by atoms with van der Waals surface area (Å²) < 4.78 is 8.27. The molecule has 1 aromatic carbocycles. The highest BCUT2D eigenvalue weighted by Gasteiger charge is 2.44. The van der Waals surface area contributed by atoms with Crippen LogP contribution in [0.15, 0.2) is 30.7 Å². The lowest BCUT2D eigenvalue weighted by Gasteiger charge is -2.25. The van der Waals surface area contributed by atoms with Crippen molar-refractivity contribution in [2.75, 3.05) is 0 Å². The zero-order chi connectivity index (χ0) is 20.1. The number of rotatable bonds is 3. The van der Waals surface area contributed by atoms with E-state index in [1.54, 1.807) is 6.33 Å². The number of hydrogen-bond donors (Lipinski definition) is 2. The number of ether oxygens (including phenoxy) is 1. The molecule has 0 aliphatic heterocycles. The van der Waals surface area contributed by atoms with Crippen molar-refractivity contribution >= 4 is 11.0 Å². The van der Waals surface area contributed by atoms with Crippen molar-refractivity contribution in [1.29, 1.82) is 0 Å². The van der Waals surface area contributed by atoms with Gasteiger partial charge in [-0.3, -0.25) is 0 Å². The Bertz CT molecular complexity index is 1060. The molecule has 6 heteroatoms. The fourth-order valence-electron chi connectivity index (χ4n) is 5.01. The summed E-state index contributed by atoms with van der Waals surface area (Å²) in [6, 6.07) is 5.80. The molecule has 0 amide bonds. The first-order valence-corrected chi connectivity index (χ1v) is 10.5. The van der Waals surface area contributed by atoms with Crippen LogP contribution in [0.1, 0.15) is 47.7 Å². The molecule has 29 heavy (non-hydrogen) atoms. The number of nitrogens with zero attached hydrogens (tertiary/aromatic N) is 3. The average molecular weight is 393 g/mol. The summed E-state index contributed by atoms with van der Waals surface area (Å²) in [6.45, 7) is 4.10. The van der Waals surface area contributed by atoms with Gasteiger partial charge in [-0.2, -0.15) is 0 Å². The zero-order valence-corrected chi connectivity index (χ0v) is 16.9. The summed E-state index contributed by atoms with van der Waals surface area (Å²) in [5, 5.41) is 22.5. The molecule has 1 saturated carbocycles. The molecule has 2 aliphatic rings. The van der Waals surface area contributed by atoms with E-state index < -0.39 is 18.3 Å². The summed E-state index contributed by atoms with van der Waals surface area (Å²) in [6.07, 6.45) is 6.16. The third kappa shape index (κ3) is 3.02. The van der Waals surface area contributed by atoms with Gasteiger partial charge in [-0.05, 0) is 68.4 Å². The minimum Gasteiger partial charge on any atom is -0.487 e. The Morgan fingerprint density at radius 3 is 2.62 bits per heavy atom. The first-order chi connectivity index (χ1) is 14.0. The van der Waals surface area contributed by atoms with E-state index in [2.05, 4.69) is 23.0 Å². The van der Waals surface area contributed by atoms with E-state index in [0.29, 0.717) is 6.42 Å². The number of fused-ring (bicyclic) bond motifs is 2. The molecular weight excluding hydrogens is 366 g/mol. The molecule has 1 fully saturated rings. The molecule has 2 aliphatic carbocycles. The summed E-state index contributed by atoms with van der Waals surface area (Å²) >= 11 is 0. The maximum atomic E-state index is 10.8. The van der Waals surface area contributed by atoms with Gasteiger partial charge in [0.25, 0.3) is 0 Å². The number of benzene rings is 1. The van der Waals surface area contributed by atoms with Crippen LogP contribution in [0.5, 0.6) is 5.75 Å². The quantitative estimate of drug-likeness (QED) is 0.715. The molecular formula is C23H27N3O3. The summed E-state index contributed by atoms with van der Waals surface area (Å²) in [5.41, 5.74) is 5.66. The van der Waals surface area contributed by atoms with Gasteiger partial charge in [0.2, 0.25) is 0 Å². The lowest BCUT2D eigenvalue weighted by atomic mass is 9.88. The van der Waals surface area contributed by atoms with Crippen molar-refractivity contribution in [2.45, 2.75) is 70.3 Å². The van der Waals surface area contributed by atoms with Gasteiger partial charge in [0.15, 0.2) is 0 Å². The fraction of sp³-hybridized carbons (Fsp3) is 0.478. The molecule has 152 valence electrons. The second-order valence-electron chi connectivity index (χ2n) is 8.40. The molecule has 6 nitrogen and oxygen atoms in total. The third-order valence-corrected chi connectivity index (χ3v) is 6.67. The van der Waals surface area contributed by atoms with Gasteiger partial charge in [-0.15, -0.1) is 0 Å². The number of aliphatic hydroxyl groups excluding tert-OH is 2. The molecule has 4 atom stereocenters. The average Bonchev–Trinajstić information content (AvgIpc) is 3.28. The number of aliphatic hydroxyl groups is 2. The highest BCUT2D eigenvalue weighted by atomic mass is 16.5. The highest BCUT2D eigenvalue weighted by molar-refractivity contribution is 5.78. The molecule has 0 spiro atoms. The Morgan fingerprint density at radius 2 is 1.79 bits per heavy atom. The van der Waals surface area contributed by atoms with E-state index in [1.807, 2.05) is 29.8 Å². The summed E-state index contributed by atoms with van der Waals surface area (Å²) in [7, 11) is 0. The van der Waals surface area contributed by atoms with Crippen LogP contribution in [0.4, 0.5) is 0 Å². The molecule has 2 unspecified atom stereocenters. The van der Waals surface area contributed by atoms with Crippen molar-refractivity contribution in [3.05, 3.63) is 53.1 Å². The Morgan fingerprint density at radius 1 is 1.00 bits per heavy atom. The maximum Gasteiger partial charge on any atom is 0.143 e. The fourth-order valence-corrected chi connectivity index (χ4v) is 5.01. The molecule has 2 N–H and O–H groups in total. The lowest BCUT2D eigenvalue weighted by Crippen LogP contribution is -2.34. The van der Waals surface area contributed by atoms with Crippen LogP contribution < -0.4 is 4.74 Å². The normalized spacial score (nSPS) is 26.6. The second kappa shape index (κ2) is 7.11. The number of hydrogen-bond acceptors (Lipinski definition) is 5. The Labute approximate surface area is 170 Å². The molecule has 2 heterocycles. The minimum atomic E-state index is -0.944. The van der Waals surface area contributed by atoms with Crippen LogP contribution >= 0.6 is 0 Å². The largest absolute Gasteiger partial charge is 0.487 e. The van der Waals surface area contributed by atoms with Crippen molar-refractivity contribution in [3.63, 3.8) is 0 Å². The van der Waals surface area contributed by atoms with Crippen LogP contribution in [-0.4, -0.2) is 43.1 Å². The Hall–Kier alpha value is -2.44. The van der Waals surface area contributed by atoms with Crippen LogP contribution in [0.2, 0.25) is 0 Å². The van der Waals surface area contributed by atoms with Gasteiger partial charge in [-0.1, -0.05) is 6.07 Å². The monoisotopic (exact) mass is 393 g/mol. The standard InChI is InChI=1S/C23H27N3O3/c1-13-7-8-19(17-6-4-3-5-15(13)17)29-20-11-18(21(27)22(20)28)26-10-9-16-14(2)24-12-25-23(16)26/h7-10,12,18,20-22,27-28H,3-6,11H2,1-2H3/t18?,20?,21-,22+/m0/s1. The summed E-state index contributed by atoms with van der Waals surface area (Å²) in [5.74, 6) is 0.859. The molecule has 3 aromatic rings. The van der Waals surface area contributed by atoms with E-state index >= 15 is 0 Å². The van der Waals surface area contributed by atoms with E-state index in [4.69, 9.17) is 4.74 Å². The highest BCUT2D eigenvalue weighted by Crippen LogP contribution is 2.38. The smallest absolute Gasteiger partial charge is 0.143 e. The summed E-state index contributed by atoms with van der Waals surface area (Å²) in [4.78, 5) is 8.64. The predicted octanol–water partition coefficient (Wildman–Crippen LogP) is 3.04. The van der Waals surface area contributed by atoms with Crippen LogP contribution in [0.3, 0.4) is 0 Å². The molecule has 0 bridgehead atoms. The third-order valence-electron chi connectivity index (χ3n) is 6.67. The van der Waals surface area contributed by atoms with Gasteiger partial charge in [0.1, 0.15) is 36.0 Å². The van der Waals surface area contributed by atoms with E-state index in [-0.39, 0.29) is 6.04 Å². The van der Waals surface area contributed by atoms with Crippen molar-refractivity contribution in [2.24, 2.45) is 0 Å². The van der Waals surface area contributed by atoms with Crippen molar-refractivity contribution in [1.82, 2.24) is 14.5 Å². The topological polar surface area (TPSA) is 80.4 Å². The van der Waals surface area contributed by atoms with Crippen LogP contribution in [0.25, 0.3) is 11.0 Å².